The number of nitrogens with one attached hydrogen (secondary N) is 2. The fraction of sp³-hybridized carbons (Fsp3) is 0.600. The summed E-state index contributed by atoms with van der Waals surface area (Å²) in [5.74, 6) is 0. The molecule has 1 fully saturated rings. The van der Waals surface area contributed by atoms with Crippen molar-refractivity contribution in [3.8, 4) is 0 Å². The van der Waals surface area contributed by atoms with Crippen LogP contribution in [0.4, 0.5) is 5.69 Å². The molecular weight excluding hydrogens is 286 g/mol. The maximum Gasteiger partial charge on any atom is 0.242 e. The summed E-state index contributed by atoms with van der Waals surface area (Å²) < 4.78 is 27.6. The number of sulfonamides is 1. The van der Waals surface area contributed by atoms with E-state index in [9.17, 15) is 8.42 Å². The minimum absolute atomic E-state index is 0.0219. The number of hydrogen-bond acceptors (Lipinski definition) is 4. The molecule has 0 aliphatic carbocycles. The molecule has 2 rings (SSSR count). The summed E-state index contributed by atoms with van der Waals surface area (Å²) in [6.45, 7) is 9.12. The maximum absolute atomic E-state index is 12.5. The Balaban J connectivity index is 2.33. The van der Waals surface area contributed by atoms with Crippen molar-refractivity contribution in [1.29, 1.82) is 0 Å². The van der Waals surface area contributed by atoms with E-state index in [1.54, 1.807) is 12.1 Å². The molecule has 2 N–H and O–H groups in total. The summed E-state index contributed by atoms with van der Waals surface area (Å²) in [4.78, 5) is 2.52. The first-order chi connectivity index (χ1) is 9.86. The largest absolute Gasteiger partial charge is 0.367 e. The van der Waals surface area contributed by atoms with E-state index in [-0.39, 0.29) is 5.54 Å². The minimum Gasteiger partial charge on any atom is -0.367 e. The van der Waals surface area contributed by atoms with Crippen molar-refractivity contribution in [2.45, 2.75) is 37.6 Å². The molecule has 1 heterocycles. The molecule has 0 amide bonds. The molecule has 1 aromatic rings. The zero-order valence-electron chi connectivity index (χ0n) is 13.0. The van der Waals surface area contributed by atoms with Gasteiger partial charge in [0, 0.05) is 31.7 Å². The first-order valence-corrected chi connectivity index (χ1v) is 8.93. The SMILES string of the molecule is CCCNS(=O)(=O)c1ccccc1N1CCNC(C)(C)C1. The number of hydrogen-bond donors (Lipinski definition) is 2. The Morgan fingerprint density at radius 3 is 2.71 bits per heavy atom. The van der Waals surface area contributed by atoms with E-state index >= 15 is 0 Å². The van der Waals surface area contributed by atoms with Gasteiger partial charge in [-0.25, -0.2) is 13.1 Å². The lowest BCUT2D eigenvalue weighted by Crippen LogP contribution is -2.57. The van der Waals surface area contributed by atoms with Crippen LogP contribution in [-0.4, -0.2) is 40.1 Å². The zero-order chi connectivity index (χ0) is 15.5. The van der Waals surface area contributed by atoms with Gasteiger partial charge in [-0.15, -0.1) is 0 Å². The van der Waals surface area contributed by atoms with Crippen molar-refractivity contribution in [3.63, 3.8) is 0 Å². The van der Waals surface area contributed by atoms with Crippen LogP contribution in [0.2, 0.25) is 0 Å². The third-order valence-corrected chi connectivity index (χ3v) is 5.12. The lowest BCUT2D eigenvalue weighted by atomic mass is 10.0. The topological polar surface area (TPSA) is 61.4 Å². The van der Waals surface area contributed by atoms with Gasteiger partial charge in [-0.2, -0.15) is 0 Å². The predicted octanol–water partition coefficient (Wildman–Crippen LogP) is 1.56. The highest BCUT2D eigenvalue weighted by Gasteiger charge is 2.29. The lowest BCUT2D eigenvalue weighted by Gasteiger charge is -2.41. The van der Waals surface area contributed by atoms with Crippen LogP contribution >= 0.6 is 0 Å². The van der Waals surface area contributed by atoms with Crippen LogP contribution < -0.4 is 14.9 Å². The smallest absolute Gasteiger partial charge is 0.242 e. The van der Waals surface area contributed by atoms with E-state index in [1.165, 1.54) is 0 Å². The Morgan fingerprint density at radius 2 is 2.05 bits per heavy atom. The number of piperazine rings is 1. The third kappa shape index (κ3) is 3.96. The van der Waals surface area contributed by atoms with Crippen molar-refractivity contribution in [2.75, 3.05) is 31.1 Å². The molecule has 0 spiro atoms. The molecule has 1 aliphatic rings. The first-order valence-electron chi connectivity index (χ1n) is 7.44. The van der Waals surface area contributed by atoms with Crippen molar-refractivity contribution >= 4 is 15.7 Å². The monoisotopic (exact) mass is 311 g/mol. The summed E-state index contributed by atoms with van der Waals surface area (Å²) >= 11 is 0. The summed E-state index contributed by atoms with van der Waals surface area (Å²) in [6.07, 6.45) is 0.780. The van der Waals surface area contributed by atoms with Crippen molar-refractivity contribution in [1.82, 2.24) is 10.0 Å². The van der Waals surface area contributed by atoms with Crippen LogP contribution in [0.25, 0.3) is 0 Å². The number of anilines is 1. The predicted molar refractivity (Wildman–Crippen MR) is 86.2 cm³/mol. The van der Waals surface area contributed by atoms with Crippen LogP contribution in [0.15, 0.2) is 29.2 Å². The maximum atomic E-state index is 12.5. The van der Waals surface area contributed by atoms with Crippen LogP contribution in [0.5, 0.6) is 0 Å². The van der Waals surface area contributed by atoms with Gasteiger partial charge in [0.1, 0.15) is 4.90 Å². The molecule has 6 heteroatoms. The van der Waals surface area contributed by atoms with E-state index in [2.05, 4.69) is 28.8 Å². The van der Waals surface area contributed by atoms with Crippen molar-refractivity contribution < 1.29 is 8.42 Å². The molecule has 21 heavy (non-hydrogen) atoms. The van der Waals surface area contributed by atoms with Gasteiger partial charge in [0.15, 0.2) is 0 Å². The summed E-state index contributed by atoms with van der Waals surface area (Å²) in [5.41, 5.74) is 0.766. The normalized spacial score (nSPS) is 18.7. The van der Waals surface area contributed by atoms with Crippen LogP contribution in [0.1, 0.15) is 27.2 Å². The molecule has 0 saturated carbocycles. The fourth-order valence-corrected chi connectivity index (χ4v) is 3.97. The van der Waals surface area contributed by atoms with Crippen LogP contribution in [-0.2, 0) is 10.0 Å². The Labute approximate surface area is 127 Å². The van der Waals surface area contributed by atoms with Gasteiger partial charge in [0.05, 0.1) is 5.69 Å². The second-order valence-corrected chi connectivity index (χ2v) is 7.83. The minimum atomic E-state index is -3.45. The van der Waals surface area contributed by atoms with Gasteiger partial charge >= 0.3 is 0 Å². The average Bonchev–Trinajstić information content (AvgIpc) is 2.44. The van der Waals surface area contributed by atoms with E-state index < -0.39 is 10.0 Å². The summed E-state index contributed by atoms with van der Waals surface area (Å²) in [5, 5.41) is 3.44. The molecule has 0 aromatic heterocycles. The Morgan fingerprint density at radius 1 is 1.33 bits per heavy atom. The molecule has 118 valence electrons. The molecule has 5 nitrogen and oxygen atoms in total. The van der Waals surface area contributed by atoms with Crippen LogP contribution in [0, 0.1) is 0 Å². The lowest BCUT2D eigenvalue weighted by molar-refractivity contribution is 0.352. The van der Waals surface area contributed by atoms with E-state index in [0.717, 1.165) is 31.7 Å². The Hall–Kier alpha value is -1.11. The number of para-hydroxylation sites is 1. The molecule has 1 aliphatic heterocycles. The van der Waals surface area contributed by atoms with Crippen molar-refractivity contribution in [2.24, 2.45) is 0 Å². The van der Waals surface area contributed by atoms with Gasteiger partial charge in [-0.1, -0.05) is 19.1 Å². The van der Waals surface area contributed by atoms with Gasteiger partial charge in [0.25, 0.3) is 0 Å². The van der Waals surface area contributed by atoms with E-state index in [4.69, 9.17) is 0 Å². The first kappa shape index (κ1) is 16.3. The number of benzene rings is 1. The van der Waals surface area contributed by atoms with E-state index in [1.807, 2.05) is 19.1 Å². The highest BCUT2D eigenvalue weighted by atomic mass is 32.2. The molecule has 0 radical (unpaired) electrons. The molecular formula is C15H25N3O2S. The fourth-order valence-electron chi connectivity index (χ4n) is 2.61. The quantitative estimate of drug-likeness (QED) is 0.866. The molecule has 1 aromatic carbocycles. The second-order valence-electron chi connectivity index (χ2n) is 6.10. The second kappa shape index (κ2) is 6.34. The van der Waals surface area contributed by atoms with E-state index in [0.29, 0.717) is 11.4 Å². The third-order valence-electron chi connectivity index (χ3n) is 3.61. The highest BCUT2D eigenvalue weighted by Crippen LogP contribution is 2.27. The van der Waals surface area contributed by atoms with Gasteiger partial charge in [-0.05, 0) is 32.4 Å². The van der Waals surface area contributed by atoms with Crippen molar-refractivity contribution in [3.05, 3.63) is 24.3 Å². The molecule has 0 unspecified atom stereocenters. The van der Waals surface area contributed by atoms with Gasteiger partial charge in [-0.3, -0.25) is 0 Å². The molecule has 0 bridgehead atoms. The molecule has 0 atom stereocenters. The summed E-state index contributed by atoms with van der Waals surface area (Å²) in [6, 6.07) is 7.24. The Bertz CT molecular complexity index is 584. The van der Waals surface area contributed by atoms with Gasteiger partial charge in [0.2, 0.25) is 10.0 Å². The standard InChI is InChI=1S/C15H25N3O2S/c1-4-9-17-21(19,20)14-8-6-5-7-13(14)18-11-10-16-15(2,3)12-18/h5-8,16-17H,4,9-12H2,1-3H3. The van der Waals surface area contributed by atoms with Crippen LogP contribution in [0.3, 0.4) is 0 Å². The van der Waals surface area contributed by atoms with Gasteiger partial charge < -0.3 is 10.2 Å². The Kier molecular flexibility index (Phi) is 4.91. The summed E-state index contributed by atoms with van der Waals surface area (Å²) in [7, 11) is -3.45. The number of nitrogens with zero attached hydrogens (tertiary/aromatic N) is 1. The average molecular weight is 311 g/mol. The zero-order valence-corrected chi connectivity index (χ0v) is 13.8. The number of rotatable bonds is 5. The molecule has 1 saturated heterocycles. The highest BCUT2D eigenvalue weighted by molar-refractivity contribution is 7.89.